The van der Waals surface area contributed by atoms with Crippen molar-refractivity contribution in [1.29, 1.82) is 0 Å². The Hall–Kier alpha value is -3.07. The van der Waals surface area contributed by atoms with Gasteiger partial charge < -0.3 is 14.8 Å². The van der Waals surface area contributed by atoms with Gasteiger partial charge in [-0.15, -0.1) is 0 Å². The van der Waals surface area contributed by atoms with Crippen molar-refractivity contribution in [2.45, 2.75) is 30.3 Å². The van der Waals surface area contributed by atoms with E-state index >= 15 is 0 Å². The van der Waals surface area contributed by atoms with Gasteiger partial charge in [0.15, 0.2) is 0 Å². The molecule has 2 aromatic rings. The molecule has 0 bridgehead atoms. The number of carbonyl (C=O) groups is 2. The molecule has 1 aliphatic carbocycles. The first-order chi connectivity index (χ1) is 13.8. The number of methoxy groups -OCH3 is 2. The Bertz CT molecular complexity index is 1090. The molecular weight excluding hydrogens is 396 g/mol. The number of rotatable bonds is 6. The van der Waals surface area contributed by atoms with Gasteiger partial charge in [0.2, 0.25) is 0 Å². The second kappa shape index (κ2) is 7.07. The molecule has 2 amide bonds. The molecule has 9 heteroatoms. The summed E-state index contributed by atoms with van der Waals surface area (Å²) in [7, 11) is -0.831. The Balaban J connectivity index is 1.54. The van der Waals surface area contributed by atoms with Crippen molar-refractivity contribution >= 4 is 21.8 Å². The van der Waals surface area contributed by atoms with Crippen molar-refractivity contribution in [3.63, 3.8) is 0 Å². The Morgan fingerprint density at radius 3 is 2.34 bits per heavy atom. The van der Waals surface area contributed by atoms with Crippen LogP contribution in [-0.2, 0) is 16.6 Å². The molecule has 152 valence electrons. The molecule has 1 fully saturated rings. The minimum absolute atomic E-state index is 0.106. The van der Waals surface area contributed by atoms with Gasteiger partial charge in [0.25, 0.3) is 21.8 Å². The van der Waals surface area contributed by atoms with Crippen LogP contribution < -0.4 is 14.8 Å². The zero-order valence-electron chi connectivity index (χ0n) is 16.0. The number of nitrogens with zero attached hydrogens (tertiary/aromatic N) is 1. The van der Waals surface area contributed by atoms with Crippen LogP contribution >= 0.6 is 0 Å². The van der Waals surface area contributed by atoms with Crippen molar-refractivity contribution in [3.05, 3.63) is 53.1 Å². The van der Waals surface area contributed by atoms with Gasteiger partial charge >= 0.3 is 0 Å². The molecule has 1 saturated carbocycles. The van der Waals surface area contributed by atoms with Gasteiger partial charge in [-0.1, -0.05) is 0 Å². The quantitative estimate of drug-likeness (QED) is 0.772. The highest BCUT2D eigenvalue weighted by Crippen LogP contribution is 2.39. The van der Waals surface area contributed by atoms with Gasteiger partial charge in [-0.05, 0) is 48.7 Å². The summed E-state index contributed by atoms with van der Waals surface area (Å²) >= 11 is 0. The first-order valence-electron chi connectivity index (χ1n) is 9.08. The number of carbonyl (C=O) groups excluding carboxylic acids is 2. The summed E-state index contributed by atoms with van der Waals surface area (Å²) in [6.45, 7) is 0.198. The lowest BCUT2D eigenvalue weighted by molar-refractivity contribution is 0.0863. The van der Waals surface area contributed by atoms with E-state index in [0.29, 0.717) is 24.3 Å². The highest BCUT2D eigenvalue weighted by molar-refractivity contribution is 7.90. The molecule has 0 unspecified atom stereocenters. The van der Waals surface area contributed by atoms with Crippen LogP contribution in [0.3, 0.4) is 0 Å². The van der Waals surface area contributed by atoms with Crippen LogP contribution in [0.15, 0.2) is 41.3 Å². The fraction of sp³-hybridized carbons (Fsp3) is 0.300. The molecule has 1 aliphatic heterocycles. The van der Waals surface area contributed by atoms with Gasteiger partial charge in [0.05, 0.1) is 19.8 Å². The lowest BCUT2D eigenvalue weighted by Gasteiger charge is -2.13. The summed E-state index contributed by atoms with van der Waals surface area (Å²) in [5.74, 6) is 0.229. The molecule has 29 heavy (non-hydrogen) atoms. The van der Waals surface area contributed by atoms with Crippen molar-refractivity contribution < 1.29 is 27.5 Å². The molecule has 1 heterocycles. The highest BCUT2D eigenvalue weighted by Gasteiger charge is 2.48. The molecule has 0 radical (unpaired) electrons. The van der Waals surface area contributed by atoms with Gasteiger partial charge in [-0.2, -0.15) is 0 Å². The van der Waals surface area contributed by atoms with E-state index in [-0.39, 0.29) is 28.6 Å². The van der Waals surface area contributed by atoms with E-state index in [4.69, 9.17) is 9.47 Å². The van der Waals surface area contributed by atoms with Crippen molar-refractivity contribution in [3.8, 4) is 11.5 Å². The normalized spacial score (nSPS) is 17.0. The van der Waals surface area contributed by atoms with Crippen LogP contribution in [0.25, 0.3) is 0 Å². The average molecular weight is 416 g/mol. The predicted molar refractivity (Wildman–Crippen MR) is 104 cm³/mol. The molecule has 2 aromatic carbocycles. The Kier molecular flexibility index (Phi) is 4.70. The van der Waals surface area contributed by atoms with Crippen LogP contribution in [0.4, 0.5) is 0 Å². The lowest BCUT2D eigenvalue weighted by Crippen LogP contribution is -2.32. The van der Waals surface area contributed by atoms with Crippen LogP contribution in [0.5, 0.6) is 11.5 Å². The number of amides is 2. The smallest absolute Gasteiger partial charge is 0.269 e. The highest BCUT2D eigenvalue weighted by atomic mass is 32.2. The molecular formula is C20H20N2O6S. The largest absolute Gasteiger partial charge is 0.497 e. The van der Waals surface area contributed by atoms with Gasteiger partial charge in [0.1, 0.15) is 16.4 Å². The first kappa shape index (κ1) is 19.3. The van der Waals surface area contributed by atoms with E-state index in [2.05, 4.69) is 5.32 Å². The molecule has 2 aliphatic rings. The zero-order valence-corrected chi connectivity index (χ0v) is 16.8. The predicted octanol–water partition coefficient (Wildman–Crippen LogP) is 1.94. The van der Waals surface area contributed by atoms with Gasteiger partial charge in [-0.25, -0.2) is 12.7 Å². The number of ether oxygens (including phenoxy) is 2. The summed E-state index contributed by atoms with van der Waals surface area (Å²) < 4.78 is 36.8. The summed E-state index contributed by atoms with van der Waals surface area (Å²) in [4.78, 5) is 24.9. The van der Waals surface area contributed by atoms with Crippen LogP contribution in [0.1, 0.15) is 39.1 Å². The van der Waals surface area contributed by atoms with Crippen molar-refractivity contribution in [2.24, 2.45) is 0 Å². The van der Waals surface area contributed by atoms with Gasteiger partial charge in [0, 0.05) is 24.2 Å². The molecule has 0 spiro atoms. The summed E-state index contributed by atoms with van der Waals surface area (Å²) in [5, 5.41) is 2.75. The molecule has 0 saturated heterocycles. The van der Waals surface area contributed by atoms with E-state index in [0.717, 1.165) is 9.87 Å². The Morgan fingerprint density at radius 1 is 1.10 bits per heavy atom. The topological polar surface area (TPSA) is 102 Å². The summed E-state index contributed by atoms with van der Waals surface area (Å²) in [6.07, 6.45) is 1.35. The summed E-state index contributed by atoms with van der Waals surface area (Å²) in [6, 6.07) is 9.13. The van der Waals surface area contributed by atoms with Crippen molar-refractivity contribution in [1.82, 2.24) is 9.62 Å². The minimum atomic E-state index is -3.90. The summed E-state index contributed by atoms with van der Waals surface area (Å²) in [5.41, 5.74) is 1.05. The number of sulfonamides is 1. The third kappa shape index (κ3) is 3.42. The van der Waals surface area contributed by atoms with E-state index < -0.39 is 21.8 Å². The van der Waals surface area contributed by atoms with E-state index in [9.17, 15) is 18.0 Å². The van der Waals surface area contributed by atoms with Gasteiger partial charge in [-0.3, -0.25) is 9.59 Å². The second-order valence-corrected chi connectivity index (χ2v) is 8.74. The maximum absolute atomic E-state index is 12.7. The van der Waals surface area contributed by atoms with E-state index in [1.54, 1.807) is 18.2 Å². The molecule has 0 atom stereocenters. The van der Waals surface area contributed by atoms with Crippen LogP contribution in [0.2, 0.25) is 0 Å². The zero-order chi connectivity index (χ0) is 20.8. The fourth-order valence-corrected chi connectivity index (χ4v) is 5.15. The standard InChI is InChI=1S/C20H20N2O6S/c1-27-15-7-12(8-16(10-15)28-2)11-21-19(23)13-3-6-17-18(9-13)29(25,26)22(20(17)24)14-4-5-14/h3,6-10,14H,4-5,11H2,1-2H3,(H,21,23). The van der Waals surface area contributed by atoms with Crippen molar-refractivity contribution in [2.75, 3.05) is 14.2 Å². The minimum Gasteiger partial charge on any atom is -0.497 e. The SMILES string of the molecule is COc1cc(CNC(=O)c2ccc3c(c2)S(=O)(=O)N(C2CC2)C3=O)cc(OC)c1. The van der Waals surface area contributed by atoms with E-state index in [1.807, 2.05) is 0 Å². The number of benzene rings is 2. The third-order valence-electron chi connectivity index (χ3n) is 4.95. The Labute approximate surface area is 168 Å². The molecule has 4 rings (SSSR count). The van der Waals surface area contributed by atoms with Crippen LogP contribution in [-0.4, -0.2) is 44.8 Å². The monoisotopic (exact) mass is 416 g/mol. The first-order valence-corrected chi connectivity index (χ1v) is 10.5. The molecule has 0 aromatic heterocycles. The molecule has 8 nitrogen and oxygen atoms in total. The lowest BCUT2D eigenvalue weighted by atomic mass is 10.1. The molecule has 1 N–H and O–H groups in total. The maximum atomic E-state index is 12.7. The van der Waals surface area contributed by atoms with E-state index in [1.165, 1.54) is 32.4 Å². The fourth-order valence-electron chi connectivity index (χ4n) is 3.31. The average Bonchev–Trinajstić information content (AvgIpc) is 3.52. The number of fused-ring (bicyclic) bond motifs is 1. The Morgan fingerprint density at radius 2 is 1.76 bits per heavy atom. The maximum Gasteiger partial charge on any atom is 0.269 e. The van der Waals surface area contributed by atoms with Crippen LogP contribution in [0, 0.1) is 0 Å². The number of hydrogen-bond donors (Lipinski definition) is 1. The number of hydrogen-bond acceptors (Lipinski definition) is 6. The third-order valence-corrected chi connectivity index (χ3v) is 6.83. The second-order valence-electron chi connectivity index (χ2n) is 6.95. The number of nitrogens with one attached hydrogen (secondary N) is 1.